The number of nitriles is 1. The number of imidazole rings is 1. The summed E-state index contributed by atoms with van der Waals surface area (Å²) in [6.45, 7) is 2.35. The van der Waals surface area contributed by atoms with Crippen LogP contribution < -0.4 is 0 Å². The average Bonchev–Trinajstić information content (AvgIpc) is 2.76. The Kier molecular flexibility index (Phi) is 2.96. The Morgan fingerprint density at radius 1 is 1.25 bits per heavy atom. The summed E-state index contributed by atoms with van der Waals surface area (Å²) < 4.78 is 15.4. The molecule has 0 radical (unpaired) electrons. The van der Waals surface area contributed by atoms with E-state index in [1.807, 2.05) is 35.8 Å². The van der Waals surface area contributed by atoms with E-state index in [4.69, 9.17) is 5.26 Å². The van der Waals surface area contributed by atoms with Crippen LogP contribution in [0.2, 0.25) is 0 Å². The summed E-state index contributed by atoms with van der Waals surface area (Å²) in [4.78, 5) is 4.47. The van der Waals surface area contributed by atoms with E-state index in [-0.39, 0.29) is 5.82 Å². The van der Waals surface area contributed by atoms with Gasteiger partial charge in [0.1, 0.15) is 11.6 Å². The van der Waals surface area contributed by atoms with Gasteiger partial charge < -0.3 is 4.57 Å². The molecule has 0 aliphatic carbocycles. The molecule has 98 valence electrons. The lowest BCUT2D eigenvalue weighted by Gasteiger charge is -2.08. The Bertz CT molecular complexity index is 827. The molecule has 0 atom stereocenters. The summed E-state index contributed by atoms with van der Waals surface area (Å²) in [5.41, 5.74) is 3.04. The van der Waals surface area contributed by atoms with Gasteiger partial charge in [-0.2, -0.15) is 5.26 Å². The van der Waals surface area contributed by atoms with Crippen molar-refractivity contribution in [3.05, 3.63) is 65.2 Å². The second-order valence-corrected chi connectivity index (χ2v) is 4.65. The fourth-order valence-corrected chi connectivity index (χ4v) is 2.37. The van der Waals surface area contributed by atoms with Gasteiger partial charge in [0, 0.05) is 0 Å². The molecule has 0 unspecified atom stereocenters. The lowest BCUT2D eigenvalue weighted by molar-refractivity contribution is 0.623. The molecule has 0 saturated heterocycles. The summed E-state index contributed by atoms with van der Waals surface area (Å²) >= 11 is 0. The van der Waals surface area contributed by atoms with Gasteiger partial charge in [-0.25, -0.2) is 9.37 Å². The molecular formula is C16H12FN3. The Balaban J connectivity index is 2.12. The Labute approximate surface area is 115 Å². The third-order valence-electron chi connectivity index (χ3n) is 3.36. The molecule has 4 heteroatoms. The van der Waals surface area contributed by atoms with Crippen molar-refractivity contribution in [2.24, 2.45) is 0 Å². The highest BCUT2D eigenvalue weighted by Gasteiger charge is 2.10. The van der Waals surface area contributed by atoms with E-state index in [1.54, 1.807) is 0 Å². The quantitative estimate of drug-likeness (QED) is 0.712. The maximum atomic E-state index is 13.4. The maximum Gasteiger partial charge on any atom is 0.123 e. The van der Waals surface area contributed by atoms with E-state index in [9.17, 15) is 4.39 Å². The smallest absolute Gasteiger partial charge is 0.123 e. The van der Waals surface area contributed by atoms with Crippen LogP contribution in [-0.2, 0) is 6.54 Å². The van der Waals surface area contributed by atoms with Gasteiger partial charge in [-0.1, -0.05) is 12.1 Å². The van der Waals surface area contributed by atoms with Crippen molar-refractivity contribution in [2.45, 2.75) is 13.5 Å². The molecule has 0 aliphatic heterocycles. The van der Waals surface area contributed by atoms with Crippen LogP contribution in [0.25, 0.3) is 11.0 Å². The van der Waals surface area contributed by atoms with E-state index >= 15 is 0 Å². The van der Waals surface area contributed by atoms with Gasteiger partial charge in [-0.3, -0.25) is 0 Å². The van der Waals surface area contributed by atoms with Gasteiger partial charge in [-0.05, 0) is 42.8 Å². The average molecular weight is 265 g/mol. The van der Waals surface area contributed by atoms with Crippen LogP contribution in [0.15, 0.2) is 42.5 Å². The predicted molar refractivity (Wildman–Crippen MR) is 74.7 cm³/mol. The summed E-state index contributed by atoms with van der Waals surface area (Å²) in [6, 6.07) is 14.1. The Hall–Kier alpha value is -2.67. The Morgan fingerprint density at radius 3 is 2.85 bits per heavy atom. The van der Waals surface area contributed by atoms with Crippen LogP contribution in [-0.4, -0.2) is 9.55 Å². The van der Waals surface area contributed by atoms with E-state index in [2.05, 4.69) is 11.1 Å². The SMILES string of the molecule is Cc1nc2ccccc2n1Cc1cc(F)ccc1C#N. The molecule has 0 amide bonds. The first kappa shape index (κ1) is 12.4. The highest BCUT2D eigenvalue weighted by atomic mass is 19.1. The molecule has 2 aromatic carbocycles. The zero-order valence-electron chi connectivity index (χ0n) is 11.0. The predicted octanol–water partition coefficient (Wildman–Crippen LogP) is 3.40. The number of aryl methyl sites for hydroxylation is 1. The van der Waals surface area contributed by atoms with Crippen molar-refractivity contribution in [3.8, 4) is 6.07 Å². The summed E-state index contributed by atoms with van der Waals surface area (Å²) in [5, 5.41) is 9.12. The molecule has 3 rings (SSSR count). The van der Waals surface area contributed by atoms with Crippen molar-refractivity contribution < 1.29 is 4.39 Å². The fourth-order valence-electron chi connectivity index (χ4n) is 2.37. The first-order chi connectivity index (χ1) is 9.69. The monoisotopic (exact) mass is 265 g/mol. The first-order valence-electron chi connectivity index (χ1n) is 6.29. The number of fused-ring (bicyclic) bond motifs is 1. The number of aromatic nitrogens is 2. The van der Waals surface area contributed by atoms with Crippen LogP contribution in [0.1, 0.15) is 17.0 Å². The fraction of sp³-hybridized carbons (Fsp3) is 0.125. The van der Waals surface area contributed by atoms with Crippen molar-refractivity contribution in [2.75, 3.05) is 0 Å². The molecule has 3 aromatic rings. The second kappa shape index (κ2) is 4.78. The molecule has 0 aliphatic rings. The summed E-state index contributed by atoms with van der Waals surface area (Å²) in [5.74, 6) is 0.514. The van der Waals surface area contributed by atoms with Gasteiger partial charge >= 0.3 is 0 Å². The summed E-state index contributed by atoms with van der Waals surface area (Å²) in [6.07, 6.45) is 0. The third-order valence-corrected chi connectivity index (χ3v) is 3.36. The van der Waals surface area contributed by atoms with Crippen molar-refractivity contribution in [1.82, 2.24) is 9.55 Å². The van der Waals surface area contributed by atoms with Crippen LogP contribution in [0.4, 0.5) is 4.39 Å². The van der Waals surface area contributed by atoms with Crippen LogP contribution in [0.5, 0.6) is 0 Å². The molecule has 1 heterocycles. The molecule has 1 aromatic heterocycles. The molecule has 0 fully saturated rings. The van der Waals surface area contributed by atoms with Gasteiger partial charge in [0.25, 0.3) is 0 Å². The van der Waals surface area contributed by atoms with Crippen molar-refractivity contribution in [3.63, 3.8) is 0 Å². The highest BCUT2D eigenvalue weighted by Crippen LogP contribution is 2.19. The van der Waals surface area contributed by atoms with Crippen LogP contribution in [0.3, 0.4) is 0 Å². The third kappa shape index (κ3) is 2.04. The van der Waals surface area contributed by atoms with Gasteiger partial charge in [0.15, 0.2) is 0 Å². The second-order valence-electron chi connectivity index (χ2n) is 4.65. The number of hydrogen-bond acceptors (Lipinski definition) is 2. The molecule has 0 saturated carbocycles. The van der Waals surface area contributed by atoms with Gasteiger partial charge in [0.2, 0.25) is 0 Å². The zero-order chi connectivity index (χ0) is 14.1. The Morgan fingerprint density at radius 2 is 2.05 bits per heavy atom. The number of hydrogen-bond donors (Lipinski definition) is 0. The number of halogens is 1. The van der Waals surface area contributed by atoms with E-state index in [0.29, 0.717) is 17.7 Å². The molecule has 20 heavy (non-hydrogen) atoms. The first-order valence-corrected chi connectivity index (χ1v) is 6.29. The highest BCUT2D eigenvalue weighted by molar-refractivity contribution is 5.76. The van der Waals surface area contributed by atoms with E-state index < -0.39 is 0 Å². The van der Waals surface area contributed by atoms with E-state index in [0.717, 1.165) is 16.9 Å². The largest absolute Gasteiger partial charge is 0.324 e. The van der Waals surface area contributed by atoms with Crippen LogP contribution >= 0.6 is 0 Å². The molecule has 3 nitrogen and oxygen atoms in total. The number of para-hydroxylation sites is 2. The number of rotatable bonds is 2. The lowest BCUT2D eigenvalue weighted by atomic mass is 10.1. The minimum absolute atomic E-state index is 0.332. The zero-order valence-corrected chi connectivity index (χ0v) is 11.0. The van der Waals surface area contributed by atoms with Crippen LogP contribution in [0, 0.1) is 24.1 Å². The number of benzene rings is 2. The molecular weight excluding hydrogens is 253 g/mol. The van der Waals surface area contributed by atoms with Crippen molar-refractivity contribution in [1.29, 1.82) is 5.26 Å². The normalized spacial score (nSPS) is 10.7. The van der Waals surface area contributed by atoms with Crippen molar-refractivity contribution >= 4 is 11.0 Å². The molecule has 0 N–H and O–H groups in total. The standard InChI is InChI=1S/C16H12FN3/c1-11-19-15-4-2-3-5-16(15)20(11)10-13-8-14(17)7-6-12(13)9-18/h2-8H,10H2,1H3. The minimum Gasteiger partial charge on any atom is -0.324 e. The summed E-state index contributed by atoms with van der Waals surface area (Å²) in [7, 11) is 0. The van der Waals surface area contributed by atoms with Gasteiger partial charge in [-0.15, -0.1) is 0 Å². The molecule has 0 spiro atoms. The lowest BCUT2D eigenvalue weighted by Crippen LogP contribution is -2.04. The molecule has 0 bridgehead atoms. The van der Waals surface area contributed by atoms with E-state index in [1.165, 1.54) is 18.2 Å². The minimum atomic E-state index is -0.332. The van der Waals surface area contributed by atoms with Gasteiger partial charge in [0.05, 0.1) is 29.2 Å². The number of nitrogens with zero attached hydrogens (tertiary/aromatic N) is 3. The topological polar surface area (TPSA) is 41.6 Å². The maximum absolute atomic E-state index is 13.4.